The van der Waals surface area contributed by atoms with Crippen molar-refractivity contribution in [3.05, 3.63) is 4.88 Å². The van der Waals surface area contributed by atoms with Crippen molar-refractivity contribution in [1.29, 1.82) is 0 Å². The summed E-state index contributed by atoms with van der Waals surface area (Å²) in [6.45, 7) is 2.92. The molecule has 0 radical (unpaired) electrons. The second kappa shape index (κ2) is 5.00. The Morgan fingerprint density at radius 2 is 2.21 bits per heavy atom. The topological polar surface area (TPSA) is 80.0 Å². The second-order valence-electron chi connectivity index (χ2n) is 5.68. The highest BCUT2D eigenvalue weighted by molar-refractivity contribution is 7.18. The fourth-order valence-electron chi connectivity index (χ4n) is 2.12. The summed E-state index contributed by atoms with van der Waals surface area (Å²) in [4.78, 5) is 16.8. The molecule has 0 saturated heterocycles. The zero-order valence-corrected chi connectivity index (χ0v) is 11.9. The largest absolute Gasteiger partial charge is 0.382 e. The lowest BCUT2D eigenvalue weighted by Crippen LogP contribution is -2.28. The predicted molar refractivity (Wildman–Crippen MR) is 77.4 cm³/mol. The first-order chi connectivity index (χ1) is 9.13. The smallest absolute Gasteiger partial charge is 0.265 e. The van der Waals surface area contributed by atoms with Crippen LogP contribution >= 0.6 is 11.3 Å². The van der Waals surface area contributed by atoms with E-state index in [1.165, 1.54) is 37.0 Å². The van der Waals surface area contributed by atoms with Gasteiger partial charge in [0.2, 0.25) is 0 Å². The third-order valence-electron chi connectivity index (χ3n) is 3.78. The minimum absolute atomic E-state index is 0.0913. The molecule has 1 aromatic rings. The van der Waals surface area contributed by atoms with Crippen LogP contribution in [0.3, 0.4) is 0 Å². The Hall–Kier alpha value is -1.30. The molecule has 0 aliphatic heterocycles. The van der Waals surface area contributed by atoms with Gasteiger partial charge < -0.3 is 16.4 Å². The average Bonchev–Trinajstić information content (AvgIpc) is 3.25. The van der Waals surface area contributed by atoms with E-state index in [-0.39, 0.29) is 5.91 Å². The highest BCUT2D eigenvalue weighted by Crippen LogP contribution is 2.36. The normalized spacial score (nSPS) is 20.1. The van der Waals surface area contributed by atoms with Crippen molar-refractivity contribution in [2.75, 3.05) is 17.6 Å². The van der Waals surface area contributed by atoms with Crippen molar-refractivity contribution in [3.63, 3.8) is 0 Å². The molecule has 2 aliphatic rings. The Morgan fingerprint density at radius 1 is 1.47 bits per heavy atom. The standard InChI is InChI=1S/C13H20N4OS/c1-7(8-2-3-8)6-15-12(18)10-11(14)17-13(19-10)16-9-4-5-9/h7-9H,2-6,14H2,1H3,(H,15,18)(H,16,17). The summed E-state index contributed by atoms with van der Waals surface area (Å²) in [6, 6.07) is 0.524. The van der Waals surface area contributed by atoms with Gasteiger partial charge in [-0.1, -0.05) is 18.3 Å². The third-order valence-corrected chi connectivity index (χ3v) is 4.78. The molecule has 4 N–H and O–H groups in total. The molecule has 1 aromatic heterocycles. The van der Waals surface area contributed by atoms with E-state index >= 15 is 0 Å². The zero-order valence-electron chi connectivity index (χ0n) is 11.1. The maximum absolute atomic E-state index is 12.1. The molecule has 0 bridgehead atoms. The number of anilines is 2. The molecule has 2 aliphatic carbocycles. The van der Waals surface area contributed by atoms with E-state index in [1.54, 1.807) is 0 Å². The lowest BCUT2D eigenvalue weighted by molar-refractivity contribution is 0.0951. The number of nitrogens with zero attached hydrogens (tertiary/aromatic N) is 1. The molecule has 3 rings (SSSR count). The van der Waals surface area contributed by atoms with Crippen LogP contribution in [0.2, 0.25) is 0 Å². The van der Waals surface area contributed by atoms with Gasteiger partial charge in [0.1, 0.15) is 10.7 Å². The van der Waals surface area contributed by atoms with Crippen molar-refractivity contribution < 1.29 is 4.79 Å². The fraction of sp³-hybridized carbons (Fsp3) is 0.692. The fourth-order valence-corrected chi connectivity index (χ4v) is 3.00. The van der Waals surface area contributed by atoms with Crippen LogP contribution in [0.1, 0.15) is 42.3 Å². The highest BCUT2D eigenvalue weighted by atomic mass is 32.1. The third kappa shape index (κ3) is 3.18. The monoisotopic (exact) mass is 280 g/mol. The van der Waals surface area contributed by atoms with E-state index in [0.717, 1.165) is 17.6 Å². The quantitative estimate of drug-likeness (QED) is 0.745. The average molecular weight is 280 g/mol. The second-order valence-corrected chi connectivity index (χ2v) is 6.68. The van der Waals surface area contributed by atoms with Gasteiger partial charge in [-0.25, -0.2) is 4.98 Å². The number of nitrogens with two attached hydrogens (primary N) is 1. The first kappa shape index (κ1) is 12.7. The van der Waals surface area contributed by atoms with E-state index in [9.17, 15) is 4.79 Å². The number of nitrogens with one attached hydrogen (secondary N) is 2. The van der Waals surface area contributed by atoms with Crippen LogP contribution in [0, 0.1) is 11.8 Å². The van der Waals surface area contributed by atoms with Crippen LogP contribution in [0.15, 0.2) is 0 Å². The lowest BCUT2D eigenvalue weighted by atomic mass is 10.1. The highest BCUT2D eigenvalue weighted by Gasteiger charge is 2.28. The predicted octanol–water partition coefficient (Wildman–Crippen LogP) is 2.08. The van der Waals surface area contributed by atoms with Crippen molar-refractivity contribution in [1.82, 2.24) is 10.3 Å². The van der Waals surface area contributed by atoms with Gasteiger partial charge in [0.05, 0.1) is 0 Å². The van der Waals surface area contributed by atoms with Crippen molar-refractivity contribution >= 4 is 28.2 Å². The number of aromatic nitrogens is 1. The Balaban J connectivity index is 1.56. The van der Waals surface area contributed by atoms with Gasteiger partial charge >= 0.3 is 0 Å². The molecular weight excluding hydrogens is 260 g/mol. The number of hydrogen-bond acceptors (Lipinski definition) is 5. The molecule has 19 heavy (non-hydrogen) atoms. The van der Waals surface area contributed by atoms with Crippen LogP contribution in [-0.4, -0.2) is 23.5 Å². The summed E-state index contributed by atoms with van der Waals surface area (Å²) in [5, 5.41) is 7.00. The molecule has 1 amide bonds. The van der Waals surface area contributed by atoms with E-state index in [2.05, 4.69) is 22.5 Å². The summed E-state index contributed by atoms with van der Waals surface area (Å²) in [6.07, 6.45) is 4.96. The van der Waals surface area contributed by atoms with E-state index in [1.807, 2.05) is 0 Å². The van der Waals surface area contributed by atoms with Gasteiger partial charge in [-0.15, -0.1) is 0 Å². The SMILES string of the molecule is CC(CNC(=O)c1sc(NC2CC2)nc1N)C1CC1. The lowest BCUT2D eigenvalue weighted by Gasteiger charge is -2.10. The number of hydrogen-bond donors (Lipinski definition) is 3. The Kier molecular flexibility index (Phi) is 3.35. The molecule has 1 heterocycles. The minimum atomic E-state index is -0.0913. The Bertz CT molecular complexity index is 479. The number of carbonyl (C=O) groups excluding carboxylic acids is 1. The van der Waals surface area contributed by atoms with Crippen LogP contribution in [-0.2, 0) is 0 Å². The number of thiazole rings is 1. The zero-order chi connectivity index (χ0) is 13.4. The van der Waals surface area contributed by atoms with Gasteiger partial charge in [0.25, 0.3) is 5.91 Å². The van der Waals surface area contributed by atoms with Crippen molar-refractivity contribution in [2.24, 2.45) is 11.8 Å². The van der Waals surface area contributed by atoms with Gasteiger partial charge in [0.15, 0.2) is 5.13 Å². The van der Waals surface area contributed by atoms with Crippen LogP contribution in [0.25, 0.3) is 0 Å². The first-order valence-electron chi connectivity index (χ1n) is 6.94. The number of carbonyl (C=O) groups is 1. The van der Waals surface area contributed by atoms with Crippen LogP contribution in [0.4, 0.5) is 10.9 Å². The summed E-state index contributed by atoms with van der Waals surface area (Å²) < 4.78 is 0. The number of rotatable bonds is 6. The Morgan fingerprint density at radius 3 is 2.84 bits per heavy atom. The number of amides is 1. The van der Waals surface area contributed by atoms with Crippen molar-refractivity contribution in [2.45, 2.75) is 38.6 Å². The summed E-state index contributed by atoms with van der Waals surface area (Å²) in [7, 11) is 0. The van der Waals surface area contributed by atoms with Gasteiger partial charge in [-0.05, 0) is 37.5 Å². The van der Waals surface area contributed by atoms with E-state index < -0.39 is 0 Å². The summed E-state index contributed by atoms with van der Waals surface area (Å²) >= 11 is 1.35. The molecule has 2 saturated carbocycles. The van der Waals surface area contributed by atoms with Gasteiger partial charge in [-0.3, -0.25) is 4.79 Å². The maximum atomic E-state index is 12.1. The summed E-state index contributed by atoms with van der Waals surface area (Å²) in [5.74, 6) is 1.60. The molecule has 104 valence electrons. The van der Waals surface area contributed by atoms with Gasteiger partial charge in [0, 0.05) is 12.6 Å². The molecule has 1 atom stereocenters. The maximum Gasteiger partial charge on any atom is 0.265 e. The van der Waals surface area contributed by atoms with Gasteiger partial charge in [-0.2, -0.15) is 0 Å². The van der Waals surface area contributed by atoms with E-state index in [4.69, 9.17) is 5.73 Å². The summed E-state index contributed by atoms with van der Waals surface area (Å²) in [5.41, 5.74) is 5.82. The Labute approximate surface area is 117 Å². The molecule has 0 spiro atoms. The van der Waals surface area contributed by atoms with Crippen molar-refractivity contribution in [3.8, 4) is 0 Å². The first-order valence-corrected chi connectivity index (χ1v) is 7.76. The molecule has 1 unspecified atom stereocenters. The van der Waals surface area contributed by atoms with E-state index in [0.29, 0.717) is 22.7 Å². The molecule has 2 fully saturated rings. The van der Waals surface area contributed by atoms with Crippen LogP contribution < -0.4 is 16.4 Å². The molecule has 5 nitrogen and oxygen atoms in total. The minimum Gasteiger partial charge on any atom is -0.382 e. The molecular formula is C13H20N4OS. The molecule has 0 aromatic carbocycles. The number of nitrogen functional groups attached to an aromatic ring is 1. The van der Waals surface area contributed by atoms with Crippen LogP contribution in [0.5, 0.6) is 0 Å². The molecule has 6 heteroatoms.